The van der Waals surface area contributed by atoms with Gasteiger partial charge < -0.3 is 5.32 Å². The summed E-state index contributed by atoms with van der Waals surface area (Å²) in [6, 6.07) is 18.8. The number of halogens is 2. The second-order valence-corrected chi connectivity index (χ2v) is 10.0. The van der Waals surface area contributed by atoms with E-state index >= 15 is 0 Å². The molecule has 0 bridgehead atoms. The van der Waals surface area contributed by atoms with Crippen LogP contribution in [0.4, 0.5) is 5.69 Å². The number of nitrogens with zero attached hydrogens (tertiary/aromatic N) is 1. The first-order valence-corrected chi connectivity index (χ1v) is 11.7. The summed E-state index contributed by atoms with van der Waals surface area (Å²) < 4.78 is 27.8. The summed E-state index contributed by atoms with van der Waals surface area (Å²) in [6.45, 7) is 3.52. The number of amides is 1. The number of carbonyl (C=O) groups is 1. The van der Waals surface area contributed by atoms with Gasteiger partial charge in [0.1, 0.15) is 0 Å². The van der Waals surface area contributed by atoms with Crippen molar-refractivity contribution in [2.24, 2.45) is 0 Å². The predicted molar refractivity (Wildman–Crippen MR) is 125 cm³/mol. The zero-order valence-corrected chi connectivity index (χ0v) is 19.4. The SMILES string of the molecule is Cc1ccc(S(=O)(=O)N(CC(=O)Nc2ccc(Cl)c(Cl)c2)Cc2cccc(C)c2)cc1. The number of aryl methyl sites for hydroxylation is 2. The highest BCUT2D eigenvalue weighted by molar-refractivity contribution is 7.89. The lowest BCUT2D eigenvalue weighted by atomic mass is 10.1. The van der Waals surface area contributed by atoms with E-state index < -0.39 is 15.9 Å². The molecule has 0 fully saturated rings. The van der Waals surface area contributed by atoms with E-state index in [2.05, 4.69) is 5.32 Å². The van der Waals surface area contributed by atoms with Crippen LogP contribution in [-0.4, -0.2) is 25.2 Å². The first kappa shape index (κ1) is 23.3. The van der Waals surface area contributed by atoms with Gasteiger partial charge in [-0.05, 0) is 49.7 Å². The molecule has 0 aliphatic carbocycles. The molecule has 0 heterocycles. The van der Waals surface area contributed by atoms with Crippen molar-refractivity contribution in [2.75, 3.05) is 11.9 Å². The lowest BCUT2D eigenvalue weighted by Crippen LogP contribution is -2.37. The fourth-order valence-corrected chi connectivity index (χ4v) is 4.72. The smallest absolute Gasteiger partial charge is 0.243 e. The largest absolute Gasteiger partial charge is 0.325 e. The fourth-order valence-electron chi connectivity index (χ4n) is 3.03. The Balaban J connectivity index is 1.88. The molecule has 5 nitrogen and oxygen atoms in total. The first-order valence-electron chi connectivity index (χ1n) is 9.52. The van der Waals surface area contributed by atoms with Gasteiger partial charge in [-0.25, -0.2) is 8.42 Å². The number of nitrogens with one attached hydrogen (secondary N) is 1. The summed E-state index contributed by atoms with van der Waals surface area (Å²) in [5, 5.41) is 3.34. The van der Waals surface area contributed by atoms with E-state index in [0.717, 1.165) is 16.7 Å². The van der Waals surface area contributed by atoms with Gasteiger partial charge in [-0.1, -0.05) is 70.7 Å². The van der Waals surface area contributed by atoms with Gasteiger partial charge in [0.05, 0.1) is 21.5 Å². The maximum absolute atomic E-state index is 13.3. The van der Waals surface area contributed by atoms with E-state index in [1.165, 1.54) is 10.4 Å². The maximum Gasteiger partial charge on any atom is 0.243 e. The Morgan fingerprint density at radius 2 is 1.61 bits per heavy atom. The van der Waals surface area contributed by atoms with E-state index in [0.29, 0.717) is 15.7 Å². The van der Waals surface area contributed by atoms with E-state index in [9.17, 15) is 13.2 Å². The Morgan fingerprint density at radius 3 is 2.26 bits per heavy atom. The van der Waals surface area contributed by atoms with Gasteiger partial charge in [0.15, 0.2) is 0 Å². The molecule has 0 aliphatic heterocycles. The molecule has 0 saturated carbocycles. The van der Waals surface area contributed by atoms with Crippen molar-refractivity contribution in [3.8, 4) is 0 Å². The first-order chi connectivity index (χ1) is 14.6. The van der Waals surface area contributed by atoms with E-state index in [-0.39, 0.29) is 18.0 Å². The summed E-state index contributed by atoms with van der Waals surface area (Å²) in [5.74, 6) is -0.485. The molecule has 31 heavy (non-hydrogen) atoms. The molecule has 0 unspecified atom stereocenters. The molecule has 3 rings (SSSR count). The van der Waals surface area contributed by atoms with Crippen molar-refractivity contribution in [3.63, 3.8) is 0 Å². The van der Waals surface area contributed by atoms with Gasteiger partial charge in [-0.2, -0.15) is 4.31 Å². The summed E-state index contributed by atoms with van der Waals surface area (Å²) in [4.78, 5) is 12.8. The van der Waals surface area contributed by atoms with Crippen LogP contribution >= 0.6 is 23.2 Å². The number of benzene rings is 3. The molecule has 1 N–H and O–H groups in total. The minimum absolute atomic E-state index is 0.0622. The van der Waals surface area contributed by atoms with Gasteiger partial charge in [-0.3, -0.25) is 4.79 Å². The average Bonchev–Trinajstić information content (AvgIpc) is 2.70. The summed E-state index contributed by atoms with van der Waals surface area (Å²) in [7, 11) is -3.91. The topological polar surface area (TPSA) is 66.5 Å². The average molecular weight is 477 g/mol. The highest BCUT2D eigenvalue weighted by Crippen LogP contribution is 2.25. The normalized spacial score (nSPS) is 11.5. The van der Waals surface area contributed by atoms with Gasteiger partial charge >= 0.3 is 0 Å². The van der Waals surface area contributed by atoms with E-state index in [1.807, 2.05) is 38.1 Å². The van der Waals surface area contributed by atoms with Crippen LogP contribution in [0.5, 0.6) is 0 Å². The summed E-state index contributed by atoms with van der Waals surface area (Å²) >= 11 is 11.9. The van der Waals surface area contributed by atoms with Crippen LogP contribution in [-0.2, 0) is 21.4 Å². The molecule has 0 saturated heterocycles. The molecule has 1 amide bonds. The second kappa shape index (κ2) is 9.83. The zero-order valence-electron chi connectivity index (χ0n) is 17.1. The van der Waals surface area contributed by atoms with Crippen molar-refractivity contribution in [1.29, 1.82) is 0 Å². The van der Waals surface area contributed by atoms with Gasteiger partial charge in [0, 0.05) is 12.2 Å². The summed E-state index contributed by atoms with van der Waals surface area (Å²) in [6.07, 6.45) is 0. The quantitative estimate of drug-likeness (QED) is 0.493. The lowest BCUT2D eigenvalue weighted by Gasteiger charge is -2.22. The maximum atomic E-state index is 13.3. The lowest BCUT2D eigenvalue weighted by molar-refractivity contribution is -0.116. The van der Waals surface area contributed by atoms with Crippen molar-refractivity contribution >= 4 is 44.8 Å². The van der Waals surface area contributed by atoms with Crippen LogP contribution < -0.4 is 5.32 Å². The number of hydrogen-bond donors (Lipinski definition) is 1. The molecule has 0 aliphatic rings. The monoisotopic (exact) mass is 476 g/mol. The Hall–Kier alpha value is -2.38. The van der Waals surface area contributed by atoms with Crippen molar-refractivity contribution in [3.05, 3.63) is 93.5 Å². The Bertz CT molecular complexity index is 1200. The standard InChI is InChI=1S/C23H22Cl2N2O3S/c1-16-6-9-20(10-7-16)31(29,30)27(14-18-5-3-4-17(2)12-18)15-23(28)26-19-8-11-21(24)22(25)13-19/h3-13H,14-15H2,1-2H3,(H,26,28). The number of hydrogen-bond acceptors (Lipinski definition) is 3. The highest BCUT2D eigenvalue weighted by atomic mass is 35.5. The van der Waals surface area contributed by atoms with Crippen molar-refractivity contribution in [1.82, 2.24) is 4.31 Å². The highest BCUT2D eigenvalue weighted by Gasteiger charge is 2.27. The summed E-state index contributed by atoms with van der Waals surface area (Å²) in [5.41, 5.74) is 3.17. The molecule has 3 aromatic carbocycles. The third-order valence-corrected chi connectivity index (χ3v) is 7.17. The number of anilines is 1. The fraction of sp³-hybridized carbons (Fsp3) is 0.174. The van der Waals surface area contributed by atoms with Gasteiger partial charge in [-0.15, -0.1) is 0 Å². The van der Waals surface area contributed by atoms with Gasteiger partial charge in [0.25, 0.3) is 0 Å². The van der Waals surface area contributed by atoms with Crippen LogP contribution in [0.25, 0.3) is 0 Å². The third-order valence-electron chi connectivity index (χ3n) is 4.62. The molecule has 0 aromatic heterocycles. The molecule has 8 heteroatoms. The number of sulfonamides is 1. The predicted octanol–water partition coefficient (Wildman–Crippen LogP) is 5.44. The Kier molecular flexibility index (Phi) is 7.38. The van der Waals surface area contributed by atoms with Gasteiger partial charge in [0.2, 0.25) is 15.9 Å². The van der Waals surface area contributed by atoms with Crippen LogP contribution in [0.1, 0.15) is 16.7 Å². The third kappa shape index (κ3) is 6.08. The minimum Gasteiger partial charge on any atom is -0.325 e. The van der Waals surface area contributed by atoms with Crippen LogP contribution in [0, 0.1) is 13.8 Å². The molecular weight excluding hydrogens is 455 g/mol. The van der Waals surface area contributed by atoms with Crippen LogP contribution in [0.15, 0.2) is 71.6 Å². The minimum atomic E-state index is -3.91. The van der Waals surface area contributed by atoms with Crippen LogP contribution in [0.2, 0.25) is 10.0 Å². The molecule has 0 radical (unpaired) electrons. The van der Waals surface area contributed by atoms with E-state index in [4.69, 9.17) is 23.2 Å². The van der Waals surface area contributed by atoms with Crippen molar-refractivity contribution < 1.29 is 13.2 Å². The zero-order chi connectivity index (χ0) is 22.6. The molecule has 162 valence electrons. The number of carbonyl (C=O) groups excluding carboxylic acids is 1. The second-order valence-electron chi connectivity index (χ2n) is 7.25. The Morgan fingerprint density at radius 1 is 0.903 bits per heavy atom. The molecule has 0 spiro atoms. The molecule has 3 aromatic rings. The molecule has 0 atom stereocenters. The van der Waals surface area contributed by atoms with Crippen molar-refractivity contribution in [2.45, 2.75) is 25.3 Å². The van der Waals surface area contributed by atoms with E-state index in [1.54, 1.807) is 36.4 Å². The van der Waals surface area contributed by atoms with Crippen LogP contribution in [0.3, 0.4) is 0 Å². The molecular formula is C23H22Cl2N2O3S. The number of rotatable bonds is 7. The Labute approximate surface area is 192 Å².